The first-order valence-corrected chi connectivity index (χ1v) is 5.45. The summed E-state index contributed by atoms with van der Waals surface area (Å²) in [6.07, 6.45) is -1.01. The number of methoxy groups -OCH3 is 1. The molecule has 20 heavy (non-hydrogen) atoms. The highest BCUT2D eigenvalue weighted by molar-refractivity contribution is 5.95. The number of halogens is 2. The van der Waals surface area contributed by atoms with Crippen molar-refractivity contribution in [3.05, 3.63) is 39.4 Å². The van der Waals surface area contributed by atoms with E-state index in [-0.39, 0.29) is 19.2 Å². The van der Waals surface area contributed by atoms with Crippen LogP contribution in [0.5, 0.6) is 0 Å². The third-order valence-corrected chi connectivity index (χ3v) is 2.34. The molecule has 1 aromatic carbocycles. The average Bonchev–Trinajstić information content (AvgIpc) is 2.36. The van der Waals surface area contributed by atoms with E-state index in [2.05, 4.69) is 10.1 Å². The highest BCUT2D eigenvalue weighted by Gasteiger charge is 2.22. The number of hydrogen-bond acceptors (Lipinski definition) is 5. The third kappa shape index (κ3) is 3.93. The number of nitrogens with zero attached hydrogens (tertiary/aromatic N) is 1. The van der Waals surface area contributed by atoms with Crippen LogP contribution in [-0.4, -0.2) is 42.3 Å². The fourth-order valence-electron chi connectivity index (χ4n) is 1.41. The Morgan fingerprint density at radius 3 is 2.70 bits per heavy atom. The van der Waals surface area contributed by atoms with Gasteiger partial charge in [0.1, 0.15) is 5.82 Å². The predicted octanol–water partition coefficient (Wildman–Crippen LogP) is 0.610. The molecular weight excluding hydrogens is 278 g/mol. The van der Waals surface area contributed by atoms with Crippen molar-refractivity contribution in [2.24, 2.45) is 0 Å². The molecule has 7 nitrogen and oxygen atoms in total. The molecule has 0 bridgehead atoms. The maximum atomic E-state index is 13.4. The van der Waals surface area contributed by atoms with E-state index in [0.29, 0.717) is 6.07 Å². The van der Waals surface area contributed by atoms with Gasteiger partial charge in [0.15, 0.2) is 0 Å². The Hall–Kier alpha value is -2.13. The van der Waals surface area contributed by atoms with Crippen molar-refractivity contribution in [1.82, 2.24) is 5.32 Å². The predicted molar refractivity (Wildman–Crippen MR) is 63.2 cm³/mol. The van der Waals surface area contributed by atoms with E-state index < -0.39 is 39.8 Å². The van der Waals surface area contributed by atoms with Crippen molar-refractivity contribution < 1.29 is 28.3 Å². The molecule has 2 N–H and O–H groups in total. The lowest BCUT2D eigenvalue weighted by Crippen LogP contribution is -2.34. The molecule has 1 aromatic rings. The molecule has 0 aromatic heterocycles. The minimum atomic E-state index is -1.37. The molecule has 1 rings (SSSR count). The van der Waals surface area contributed by atoms with Crippen molar-refractivity contribution in [3.63, 3.8) is 0 Å². The number of hydrogen-bond donors (Lipinski definition) is 2. The number of rotatable bonds is 6. The van der Waals surface area contributed by atoms with Gasteiger partial charge in [0.2, 0.25) is 5.82 Å². The number of aliphatic hydroxyl groups is 1. The number of amides is 1. The molecule has 0 spiro atoms. The Kier molecular flexibility index (Phi) is 5.47. The summed E-state index contributed by atoms with van der Waals surface area (Å²) >= 11 is 0. The number of nitro benzene ring substituents is 1. The SMILES string of the molecule is COCC(O)CNC(=O)c1cc([N+](=O)[O-])c(F)cc1F. The van der Waals surface area contributed by atoms with Crippen molar-refractivity contribution in [1.29, 1.82) is 0 Å². The van der Waals surface area contributed by atoms with Crippen LogP contribution in [0.1, 0.15) is 10.4 Å². The highest BCUT2D eigenvalue weighted by Crippen LogP contribution is 2.21. The van der Waals surface area contributed by atoms with Crippen LogP contribution in [0.4, 0.5) is 14.5 Å². The topological polar surface area (TPSA) is 102 Å². The number of nitrogens with one attached hydrogen (secondary N) is 1. The van der Waals surface area contributed by atoms with Gasteiger partial charge in [-0.3, -0.25) is 14.9 Å². The summed E-state index contributed by atoms with van der Waals surface area (Å²) < 4.78 is 31.1. The second-order valence-electron chi connectivity index (χ2n) is 3.86. The van der Waals surface area contributed by atoms with E-state index >= 15 is 0 Å². The van der Waals surface area contributed by atoms with E-state index in [1.165, 1.54) is 7.11 Å². The lowest BCUT2D eigenvalue weighted by Gasteiger charge is -2.11. The lowest BCUT2D eigenvalue weighted by molar-refractivity contribution is -0.387. The van der Waals surface area contributed by atoms with E-state index in [1.54, 1.807) is 0 Å². The van der Waals surface area contributed by atoms with Gasteiger partial charge >= 0.3 is 5.69 Å². The van der Waals surface area contributed by atoms with E-state index in [9.17, 15) is 28.8 Å². The van der Waals surface area contributed by atoms with E-state index in [1.807, 2.05) is 0 Å². The molecule has 110 valence electrons. The molecule has 1 atom stereocenters. The number of benzene rings is 1. The van der Waals surface area contributed by atoms with Crippen molar-refractivity contribution in [2.45, 2.75) is 6.10 Å². The number of carbonyl (C=O) groups excluding carboxylic acids is 1. The Bertz CT molecular complexity index is 524. The van der Waals surface area contributed by atoms with Crippen LogP contribution in [0.15, 0.2) is 12.1 Å². The largest absolute Gasteiger partial charge is 0.389 e. The fourth-order valence-corrected chi connectivity index (χ4v) is 1.41. The summed E-state index contributed by atoms with van der Waals surface area (Å²) in [6, 6.07) is 0.765. The van der Waals surface area contributed by atoms with Crippen LogP contribution >= 0.6 is 0 Å². The molecule has 0 aliphatic carbocycles. The monoisotopic (exact) mass is 290 g/mol. The lowest BCUT2D eigenvalue weighted by atomic mass is 10.1. The van der Waals surface area contributed by atoms with Crippen LogP contribution in [-0.2, 0) is 4.74 Å². The quantitative estimate of drug-likeness (QED) is 0.590. The number of carbonyl (C=O) groups is 1. The van der Waals surface area contributed by atoms with Crippen LogP contribution in [0, 0.1) is 21.7 Å². The smallest absolute Gasteiger partial charge is 0.305 e. The van der Waals surface area contributed by atoms with Gasteiger partial charge in [-0.15, -0.1) is 0 Å². The molecule has 0 heterocycles. The molecule has 0 fully saturated rings. The molecular formula is C11H12F2N2O5. The minimum Gasteiger partial charge on any atom is -0.389 e. The summed E-state index contributed by atoms with van der Waals surface area (Å²) in [4.78, 5) is 21.1. The Labute approximate surface area is 112 Å². The van der Waals surface area contributed by atoms with Gasteiger partial charge in [-0.1, -0.05) is 0 Å². The van der Waals surface area contributed by atoms with Crippen LogP contribution in [0.2, 0.25) is 0 Å². The Balaban J connectivity index is 2.87. The zero-order valence-corrected chi connectivity index (χ0v) is 10.4. The number of aliphatic hydroxyl groups excluding tert-OH is 1. The summed E-state index contributed by atoms with van der Waals surface area (Å²) in [5.74, 6) is -3.60. The maximum absolute atomic E-state index is 13.4. The molecule has 9 heteroatoms. The maximum Gasteiger partial charge on any atom is 0.305 e. The van der Waals surface area contributed by atoms with Gasteiger partial charge in [-0.2, -0.15) is 4.39 Å². The van der Waals surface area contributed by atoms with Crippen molar-refractivity contribution >= 4 is 11.6 Å². The van der Waals surface area contributed by atoms with E-state index in [0.717, 1.165) is 0 Å². The number of nitro groups is 1. The highest BCUT2D eigenvalue weighted by atomic mass is 19.1. The van der Waals surface area contributed by atoms with Gasteiger partial charge in [-0.05, 0) is 0 Å². The van der Waals surface area contributed by atoms with Gasteiger partial charge < -0.3 is 15.2 Å². The van der Waals surface area contributed by atoms with Crippen LogP contribution < -0.4 is 5.32 Å². The average molecular weight is 290 g/mol. The third-order valence-electron chi connectivity index (χ3n) is 2.34. The fraction of sp³-hybridized carbons (Fsp3) is 0.364. The second kappa shape index (κ2) is 6.87. The standard InChI is InChI=1S/C11H12F2N2O5/c1-20-5-6(16)4-14-11(17)7-2-10(15(18)19)9(13)3-8(7)12/h2-3,6,16H,4-5H2,1H3,(H,14,17). The first-order chi connectivity index (χ1) is 9.36. The zero-order chi connectivity index (χ0) is 15.3. The van der Waals surface area contributed by atoms with Gasteiger partial charge in [-0.25, -0.2) is 4.39 Å². The summed E-state index contributed by atoms with van der Waals surface area (Å²) in [6.45, 7) is -0.288. The minimum absolute atomic E-state index is 0.0493. The Morgan fingerprint density at radius 1 is 1.50 bits per heavy atom. The first-order valence-electron chi connectivity index (χ1n) is 5.45. The molecule has 0 saturated heterocycles. The van der Waals surface area contributed by atoms with Crippen molar-refractivity contribution in [3.8, 4) is 0 Å². The first kappa shape index (κ1) is 15.9. The van der Waals surface area contributed by atoms with Gasteiger partial charge in [0, 0.05) is 25.8 Å². The zero-order valence-electron chi connectivity index (χ0n) is 10.4. The molecule has 0 saturated carbocycles. The molecule has 0 aliphatic heterocycles. The summed E-state index contributed by atoms with van der Waals surface area (Å²) in [7, 11) is 1.34. The Morgan fingerprint density at radius 2 is 2.15 bits per heavy atom. The van der Waals surface area contributed by atoms with Gasteiger partial charge in [0.25, 0.3) is 5.91 Å². The van der Waals surface area contributed by atoms with Crippen LogP contribution in [0.3, 0.4) is 0 Å². The number of ether oxygens (including phenoxy) is 1. The van der Waals surface area contributed by atoms with Crippen LogP contribution in [0.25, 0.3) is 0 Å². The van der Waals surface area contributed by atoms with Gasteiger partial charge in [0.05, 0.1) is 23.2 Å². The van der Waals surface area contributed by atoms with Crippen molar-refractivity contribution in [2.75, 3.05) is 20.3 Å². The summed E-state index contributed by atoms with van der Waals surface area (Å²) in [5, 5.41) is 22.0. The second-order valence-corrected chi connectivity index (χ2v) is 3.86. The molecule has 0 aliphatic rings. The summed E-state index contributed by atoms with van der Waals surface area (Å²) in [5.41, 5.74) is -1.68. The molecule has 1 unspecified atom stereocenters. The normalized spacial score (nSPS) is 12.0. The molecule has 0 radical (unpaired) electrons. The molecule has 1 amide bonds. The van der Waals surface area contributed by atoms with E-state index in [4.69, 9.17) is 0 Å².